The number of Topliss-reactive ketones (excluding diaryl/α,β-unsaturated/α-hetero) is 1. The lowest BCUT2D eigenvalue weighted by molar-refractivity contribution is -0.148. The number of amides is 7. The van der Waals surface area contributed by atoms with Crippen molar-refractivity contribution >= 4 is 41.4 Å². The number of urea groups is 1. The summed E-state index contributed by atoms with van der Waals surface area (Å²) in [5.74, 6) is -3.15. The highest BCUT2D eigenvalue weighted by Crippen LogP contribution is 2.65. The number of likely N-dealkylation sites (tertiary alicyclic amines) is 2. The highest BCUT2D eigenvalue weighted by molar-refractivity contribution is 6.38. The first-order valence-corrected chi connectivity index (χ1v) is 17.6. The van der Waals surface area contributed by atoms with Crippen LogP contribution in [0.3, 0.4) is 0 Å². The average molecular weight is 687 g/mol. The Bertz CT molecular complexity index is 1310. The first kappa shape index (κ1) is 39.7. The van der Waals surface area contributed by atoms with E-state index >= 15 is 0 Å². The van der Waals surface area contributed by atoms with Gasteiger partial charge in [0.05, 0.1) is 12.1 Å². The molecule has 1 aliphatic carbocycles. The highest BCUT2D eigenvalue weighted by atomic mass is 16.2. The van der Waals surface area contributed by atoms with Crippen LogP contribution in [-0.4, -0.2) is 95.0 Å². The molecule has 0 aromatic carbocycles. The van der Waals surface area contributed by atoms with Crippen molar-refractivity contribution < 1.29 is 33.6 Å². The number of unbranched alkanes of at least 4 members (excludes halogenated alkanes) is 1. The summed E-state index contributed by atoms with van der Waals surface area (Å²) in [5.41, 5.74) is -1.51. The van der Waals surface area contributed by atoms with Crippen LogP contribution in [0, 0.1) is 28.1 Å². The maximum Gasteiger partial charge on any atom is 0.315 e. The van der Waals surface area contributed by atoms with Crippen molar-refractivity contribution in [2.45, 2.75) is 125 Å². The molecule has 3 rings (SSSR count). The van der Waals surface area contributed by atoms with Crippen molar-refractivity contribution in [1.82, 2.24) is 31.1 Å². The molecule has 2 saturated heterocycles. The van der Waals surface area contributed by atoms with Gasteiger partial charge in [0.25, 0.3) is 5.91 Å². The fraction of sp³-hybridized carbons (Fsp3) is 0.750. The topological polar surface area (TPSA) is 174 Å². The minimum Gasteiger partial charge on any atom is -0.346 e. The zero-order chi connectivity index (χ0) is 37.1. The number of carbonyl (C=O) groups is 7. The van der Waals surface area contributed by atoms with Crippen LogP contribution in [0.25, 0.3) is 0 Å². The lowest BCUT2D eigenvalue weighted by atomic mass is 9.84. The van der Waals surface area contributed by atoms with E-state index in [1.54, 1.807) is 0 Å². The molecule has 2 heterocycles. The zero-order valence-corrected chi connectivity index (χ0v) is 30.9. The van der Waals surface area contributed by atoms with E-state index in [1.807, 2.05) is 62.3 Å². The summed E-state index contributed by atoms with van der Waals surface area (Å²) in [6.45, 7) is 21.2. The molecular formula is C36H58N6O7. The Kier molecular flexibility index (Phi) is 12.5. The van der Waals surface area contributed by atoms with Gasteiger partial charge in [0.1, 0.15) is 12.1 Å². The van der Waals surface area contributed by atoms with Crippen LogP contribution in [-0.2, 0) is 28.8 Å². The van der Waals surface area contributed by atoms with Gasteiger partial charge in [-0.05, 0) is 40.9 Å². The molecule has 0 aromatic rings. The Morgan fingerprint density at radius 2 is 1.57 bits per heavy atom. The quantitative estimate of drug-likeness (QED) is 0.124. The smallest absolute Gasteiger partial charge is 0.315 e. The zero-order valence-electron chi connectivity index (χ0n) is 30.9. The molecule has 0 aromatic heterocycles. The number of imide groups is 1. The van der Waals surface area contributed by atoms with Crippen molar-refractivity contribution in [2.24, 2.45) is 28.1 Å². The van der Waals surface area contributed by atoms with Crippen molar-refractivity contribution in [2.75, 3.05) is 19.6 Å². The van der Waals surface area contributed by atoms with Crippen molar-refractivity contribution in [3.63, 3.8) is 0 Å². The molecule has 7 amide bonds. The number of hydrogen-bond donors (Lipinski definition) is 4. The fourth-order valence-electron chi connectivity index (χ4n) is 7.03. The number of rotatable bonds is 14. The van der Waals surface area contributed by atoms with Crippen molar-refractivity contribution in [3.8, 4) is 0 Å². The van der Waals surface area contributed by atoms with Gasteiger partial charge in [0, 0.05) is 32.5 Å². The molecule has 1 unspecified atom stereocenters. The summed E-state index contributed by atoms with van der Waals surface area (Å²) < 4.78 is 0. The first-order valence-electron chi connectivity index (χ1n) is 17.6. The minimum absolute atomic E-state index is 0.0130. The van der Waals surface area contributed by atoms with Crippen LogP contribution in [0.5, 0.6) is 0 Å². The summed E-state index contributed by atoms with van der Waals surface area (Å²) in [7, 11) is 0. The number of nitrogens with one attached hydrogen (secondary N) is 4. The van der Waals surface area contributed by atoms with Gasteiger partial charge in [-0.1, -0.05) is 81.2 Å². The number of ketones is 1. The second-order valence-electron chi connectivity index (χ2n) is 16.5. The molecule has 4 N–H and O–H groups in total. The molecule has 0 bridgehead atoms. The SMILES string of the molecule is C=CCNC(=O)C(=O)C(CCCC)NC(=O)[C@@H]1[C@@H]2[C@H](CN1C(=O)[C@@H](NC(=O)N[C@H](CN1C(=O)CCCC1=O)C(C)(C)C)C(C)(C)C)C2(C)C. The van der Waals surface area contributed by atoms with E-state index in [0.717, 1.165) is 6.42 Å². The maximum atomic E-state index is 14.4. The van der Waals surface area contributed by atoms with Gasteiger partial charge >= 0.3 is 6.03 Å². The second kappa shape index (κ2) is 15.4. The largest absolute Gasteiger partial charge is 0.346 e. The highest BCUT2D eigenvalue weighted by Gasteiger charge is 2.70. The molecule has 274 valence electrons. The van der Waals surface area contributed by atoms with E-state index in [0.29, 0.717) is 19.4 Å². The van der Waals surface area contributed by atoms with E-state index in [2.05, 4.69) is 27.8 Å². The predicted octanol–water partition coefficient (Wildman–Crippen LogP) is 2.68. The van der Waals surface area contributed by atoms with Crippen LogP contribution in [0.4, 0.5) is 4.79 Å². The van der Waals surface area contributed by atoms with Crippen LogP contribution in [0.15, 0.2) is 12.7 Å². The van der Waals surface area contributed by atoms with Crippen molar-refractivity contribution in [3.05, 3.63) is 12.7 Å². The molecule has 0 spiro atoms. The average Bonchev–Trinajstić information content (AvgIpc) is 3.31. The lowest BCUT2D eigenvalue weighted by Crippen LogP contribution is -2.63. The van der Waals surface area contributed by atoms with E-state index in [4.69, 9.17) is 0 Å². The van der Waals surface area contributed by atoms with Gasteiger partial charge in [-0.2, -0.15) is 0 Å². The summed E-state index contributed by atoms with van der Waals surface area (Å²) >= 11 is 0. The fourth-order valence-corrected chi connectivity index (χ4v) is 7.03. The Balaban J connectivity index is 1.83. The molecule has 3 fully saturated rings. The van der Waals surface area contributed by atoms with Crippen LogP contribution in [0.2, 0.25) is 0 Å². The molecule has 6 atom stereocenters. The number of hydrogen-bond acceptors (Lipinski definition) is 7. The first-order chi connectivity index (χ1) is 22.7. The lowest BCUT2D eigenvalue weighted by Gasteiger charge is -2.39. The summed E-state index contributed by atoms with van der Waals surface area (Å²) in [6.07, 6.45) is 4.15. The molecule has 13 heteroatoms. The van der Waals surface area contributed by atoms with Crippen LogP contribution in [0.1, 0.15) is 101 Å². The molecule has 49 heavy (non-hydrogen) atoms. The van der Waals surface area contributed by atoms with E-state index in [1.165, 1.54) is 15.9 Å². The molecule has 3 aliphatic rings. The third-order valence-electron chi connectivity index (χ3n) is 10.4. The molecule has 13 nitrogen and oxygen atoms in total. The van der Waals surface area contributed by atoms with Gasteiger partial charge in [-0.15, -0.1) is 6.58 Å². The molecular weight excluding hydrogens is 628 g/mol. The van der Waals surface area contributed by atoms with Gasteiger partial charge in [0.2, 0.25) is 29.4 Å². The number of fused-ring (bicyclic) bond motifs is 1. The Morgan fingerprint density at radius 1 is 0.959 bits per heavy atom. The Hall–Kier alpha value is -3.77. The minimum atomic E-state index is -1.05. The third kappa shape index (κ3) is 9.27. The number of piperidine rings is 2. The second-order valence-corrected chi connectivity index (χ2v) is 16.5. The predicted molar refractivity (Wildman–Crippen MR) is 185 cm³/mol. The number of carbonyl (C=O) groups excluding carboxylic acids is 7. The maximum absolute atomic E-state index is 14.4. The summed E-state index contributed by atoms with van der Waals surface area (Å²) in [6, 6.07) is -4.22. The summed E-state index contributed by atoms with van der Waals surface area (Å²) in [5, 5.41) is 11.1. The normalized spacial score (nSPS) is 23.5. The van der Waals surface area contributed by atoms with Gasteiger partial charge in [0.15, 0.2) is 0 Å². The molecule has 0 radical (unpaired) electrons. The molecule has 1 saturated carbocycles. The Labute approximate surface area is 291 Å². The molecule has 2 aliphatic heterocycles. The van der Waals surface area contributed by atoms with Crippen molar-refractivity contribution in [1.29, 1.82) is 0 Å². The Morgan fingerprint density at radius 3 is 2.10 bits per heavy atom. The van der Waals surface area contributed by atoms with Gasteiger partial charge < -0.3 is 26.2 Å². The number of nitrogens with zero attached hydrogens (tertiary/aromatic N) is 2. The monoisotopic (exact) mass is 686 g/mol. The van der Waals surface area contributed by atoms with E-state index < -0.39 is 64.5 Å². The standard InChI is InChI=1S/C36H58N6O7/c1-11-13-15-22(28(45)31(47)37-18-12-2)38-30(46)27-26-21(36(26,9)10)19-42(27)32(48)29(35(6,7)8)40-33(49)39-23(34(3,4)5)20-41-24(43)16-14-17-25(41)44/h12,21-23,26-27,29H,2,11,13-20H2,1,3-10H3,(H,37,47)(H,38,46)(H2,39,40,49)/t21-,22?,23+,26-,27-,29+/m0/s1. The van der Waals surface area contributed by atoms with E-state index in [-0.39, 0.29) is 61.4 Å². The van der Waals surface area contributed by atoms with Crippen LogP contribution < -0.4 is 21.3 Å². The third-order valence-corrected chi connectivity index (χ3v) is 10.4. The van der Waals surface area contributed by atoms with Crippen LogP contribution >= 0.6 is 0 Å². The van der Waals surface area contributed by atoms with E-state index in [9.17, 15) is 33.6 Å². The summed E-state index contributed by atoms with van der Waals surface area (Å²) in [4.78, 5) is 95.4. The van der Waals surface area contributed by atoms with Gasteiger partial charge in [-0.3, -0.25) is 33.7 Å². The van der Waals surface area contributed by atoms with Gasteiger partial charge in [-0.25, -0.2) is 4.79 Å².